The van der Waals surface area contributed by atoms with Crippen LogP contribution in [0, 0.1) is 5.82 Å². The number of hydrogen-bond acceptors (Lipinski definition) is 10. The number of aromatic nitrogens is 1. The van der Waals surface area contributed by atoms with Crippen LogP contribution in [0.4, 0.5) is 27.3 Å². The molecule has 0 bridgehead atoms. The molecule has 14 heteroatoms. The Hall–Kier alpha value is -4.85. The van der Waals surface area contributed by atoms with Gasteiger partial charge in [-0.15, -0.1) is 0 Å². The zero-order valence-corrected chi connectivity index (χ0v) is 26.6. The molecule has 46 heavy (non-hydrogen) atoms. The fraction of sp³-hybridized carbons (Fsp3) is 0.344. The summed E-state index contributed by atoms with van der Waals surface area (Å²) in [5.74, 6) is 1.71. The molecule has 1 amide bonds. The van der Waals surface area contributed by atoms with E-state index in [2.05, 4.69) is 27.2 Å². The van der Waals surface area contributed by atoms with Gasteiger partial charge in [-0.3, -0.25) is 9.79 Å². The van der Waals surface area contributed by atoms with Gasteiger partial charge in [0.15, 0.2) is 9.84 Å². The number of piperidine rings is 1. The fourth-order valence-electron chi connectivity index (χ4n) is 5.42. The van der Waals surface area contributed by atoms with Crippen molar-refractivity contribution in [2.24, 2.45) is 4.99 Å². The number of benzene rings is 2. The van der Waals surface area contributed by atoms with Crippen molar-refractivity contribution in [3.8, 4) is 17.2 Å². The standard InChI is InChI=1S/C32H38FN7O5S/c1-4-31(41)40-11-8-21(9-12-40)37-28-19-24(26(34)20-29(28)44-3)32(35-2)38-27-6-5-22(17-25(27)33)45-23-7-10-36-30(18-23)39-13-15-46(42,43)16-14-39/h4-7,10,17-21,37H,1,8-9,11-16,34H2,2-3H3,(H,35,38). The lowest BCUT2D eigenvalue weighted by Crippen LogP contribution is -2.41. The molecule has 1 aromatic heterocycles. The summed E-state index contributed by atoms with van der Waals surface area (Å²) in [4.78, 5) is 24.3. The molecule has 0 saturated carbocycles. The highest BCUT2D eigenvalue weighted by atomic mass is 32.2. The van der Waals surface area contributed by atoms with Crippen molar-refractivity contribution < 1.29 is 27.1 Å². The number of ether oxygens (including phenoxy) is 2. The van der Waals surface area contributed by atoms with Gasteiger partial charge in [0, 0.05) is 74.9 Å². The maximum absolute atomic E-state index is 15.4. The molecule has 2 aliphatic rings. The van der Waals surface area contributed by atoms with Gasteiger partial charge in [0.05, 0.1) is 30.0 Å². The molecular formula is C32H38FN7O5S. The van der Waals surface area contributed by atoms with E-state index in [-0.39, 0.29) is 34.9 Å². The van der Waals surface area contributed by atoms with Crippen LogP contribution in [0.1, 0.15) is 18.4 Å². The van der Waals surface area contributed by atoms with Crippen molar-refractivity contribution in [2.75, 3.05) is 73.1 Å². The van der Waals surface area contributed by atoms with Crippen molar-refractivity contribution in [3.05, 3.63) is 72.7 Å². The average Bonchev–Trinajstić information content (AvgIpc) is 3.05. The van der Waals surface area contributed by atoms with Crippen LogP contribution in [0.2, 0.25) is 0 Å². The molecule has 0 radical (unpaired) electrons. The Morgan fingerprint density at radius 2 is 1.80 bits per heavy atom. The first-order valence-corrected chi connectivity index (χ1v) is 16.7. The molecule has 2 saturated heterocycles. The Morgan fingerprint density at radius 1 is 1.09 bits per heavy atom. The Morgan fingerprint density at radius 3 is 2.46 bits per heavy atom. The lowest BCUT2D eigenvalue weighted by molar-refractivity contribution is -0.126. The number of nitrogens with zero attached hydrogens (tertiary/aromatic N) is 4. The molecule has 4 N–H and O–H groups in total. The molecule has 2 aromatic carbocycles. The highest BCUT2D eigenvalue weighted by Gasteiger charge is 2.24. The third kappa shape index (κ3) is 7.68. The zero-order valence-electron chi connectivity index (χ0n) is 25.8. The molecule has 0 unspecified atom stereocenters. The number of nitrogen functional groups attached to an aromatic ring is 1. The van der Waals surface area contributed by atoms with Crippen molar-refractivity contribution >= 4 is 44.5 Å². The summed E-state index contributed by atoms with van der Waals surface area (Å²) >= 11 is 0. The second-order valence-electron chi connectivity index (χ2n) is 11.0. The van der Waals surface area contributed by atoms with Crippen LogP contribution in [-0.4, -0.2) is 87.9 Å². The topological polar surface area (TPSA) is 151 Å². The van der Waals surface area contributed by atoms with E-state index < -0.39 is 15.7 Å². The lowest BCUT2D eigenvalue weighted by atomic mass is 10.0. The number of pyridine rings is 1. The number of nitrogens with one attached hydrogen (secondary N) is 2. The summed E-state index contributed by atoms with van der Waals surface area (Å²) < 4.78 is 50.4. The van der Waals surface area contributed by atoms with E-state index in [1.165, 1.54) is 12.1 Å². The Balaban J connectivity index is 1.28. The number of nitrogens with two attached hydrogens (primary N) is 1. The summed E-state index contributed by atoms with van der Waals surface area (Å²) in [7, 11) is 0.118. The fourth-order valence-corrected chi connectivity index (χ4v) is 6.62. The zero-order chi connectivity index (χ0) is 32.8. The van der Waals surface area contributed by atoms with E-state index in [4.69, 9.17) is 15.2 Å². The molecule has 2 aliphatic heterocycles. The largest absolute Gasteiger partial charge is 0.495 e. The van der Waals surface area contributed by atoms with E-state index in [0.29, 0.717) is 66.3 Å². The second-order valence-corrected chi connectivity index (χ2v) is 13.3. The van der Waals surface area contributed by atoms with Gasteiger partial charge in [-0.1, -0.05) is 6.58 Å². The van der Waals surface area contributed by atoms with Gasteiger partial charge in [0.2, 0.25) is 5.91 Å². The first-order chi connectivity index (χ1) is 22.1. The van der Waals surface area contributed by atoms with Crippen LogP contribution >= 0.6 is 0 Å². The minimum atomic E-state index is -3.02. The summed E-state index contributed by atoms with van der Waals surface area (Å²) in [6, 6.07) is 11.4. The molecule has 0 aliphatic carbocycles. The number of amidine groups is 1. The van der Waals surface area contributed by atoms with E-state index >= 15 is 4.39 Å². The molecule has 244 valence electrons. The quantitative estimate of drug-likeness (QED) is 0.134. The molecule has 12 nitrogen and oxygen atoms in total. The van der Waals surface area contributed by atoms with Gasteiger partial charge >= 0.3 is 0 Å². The third-order valence-electron chi connectivity index (χ3n) is 8.01. The first-order valence-electron chi connectivity index (χ1n) is 14.9. The number of methoxy groups -OCH3 is 1. The van der Waals surface area contributed by atoms with E-state index in [0.717, 1.165) is 12.8 Å². The number of amides is 1. The van der Waals surface area contributed by atoms with Crippen LogP contribution in [0.3, 0.4) is 0 Å². The van der Waals surface area contributed by atoms with Crippen molar-refractivity contribution in [3.63, 3.8) is 0 Å². The molecule has 0 atom stereocenters. The highest BCUT2D eigenvalue weighted by Crippen LogP contribution is 2.33. The number of hydrogen-bond donors (Lipinski definition) is 3. The number of anilines is 4. The minimum absolute atomic E-state index is 0.0709. The minimum Gasteiger partial charge on any atom is -0.495 e. The van der Waals surface area contributed by atoms with Crippen LogP contribution in [-0.2, 0) is 14.6 Å². The Labute approximate surface area is 268 Å². The van der Waals surface area contributed by atoms with E-state index in [1.807, 2.05) is 11.0 Å². The molecule has 5 rings (SSSR count). The summed E-state index contributed by atoms with van der Waals surface area (Å²) in [6.07, 6.45) is 4.40. The number of halogens is 1. The van der Waals surface area contributed by atoms with Crippen molar-refractivity contribution in [2.45, 2.75) is 18.9 Å². The highest BCUT2D eigenvalue weighted by molar-refractivity contribution is 7.91. The Kier molecular flexibility index (Phi) is 9.95. The van der Waals surface area contributed by atoms with Gasteiger partial charge < -0.3 is 35.6 Å². The first kappa shape index (κ1) is 32.5. The SMILES string of the molecule is C=CC(=O)N1CCC(Nc2cc(C(=NC)Nc3ccc(Oc4ccnc(N5CCS(=O)(=O)CC5)c4)cc3F)c(N)cc2OC)CC1. The van der Waals surface area contributed by atoms with Crippen molar-refractivity contribution in [1.29, 1.82) is 0 Å². The molecular weight excluding hydrogens is 613 g/mol. The number of carbonyl (C=O) groups is 1. The van der Waals surface area contributed by atoms with Gasteiger partial charge in [0.25, 0.3) is 0 Å². The van der Waals surface area contributed by atoms with E-state index in [9.17, 15) is 13.2 Å². The maximum Gasteiger partial charge on any atom is 0.245 e. The van der Waals surface area contributed by atoms with Crippen LogP contribution in [0.5, 0.6) is 17.2 Å². The van der Waals surface area contributed by atoms with Crippen LogP contribution in [0.25, 0.3) is 0 Å². The Bertz CT molecular complexity index is 1730. The molecule has 0 spiro atoms. The molecule has 3 heterocycles. The van der Waals surface area contributed by atoms with Gasteiger partial charge in [-0.05, 0) is 43.2 Å². The average molecular weight is 652 g/mol. The normalized spacial score (nSPS) is 16.9. The number of sulfone groups is 1. The van der Waals surface area contributed by atoms with Gasteiger partial charge in [-0.2, -0.15) is 0 Å². The summed E-state index contributed by atoms with van der Waals surface area (Å²) in [6.45, 7) is 5.49. The predicted octanol–water partition coefficient (Wildman–Crippen LogP) is 3.92. The number of likely N-dealkylation sites (tertiary alicyclic amines) is 1. The van der Waals surface area contributed by atoms with E-state index in [1.54, 1.807) is 55.6 Å². The number of aliphatic imine (C=N–C) groups is 1. The number of carbonyl (C=O) groups excluding carboxylic acids is 1. The monoisotopic (exact) mass is 651 g/mol. The second kappa shape index (κ2) is 14.1. The van der Waals surface area contributed by atoms with Crippen LogP contribution < -0.4 is 30.7 Å². The summed E-state index contributed by atoms with van der Waals surface area (Å²) in [5, 5.41) is 6.56. The predicted molar refractivity (Wildman–Crippen MR) is 178 cm³/mol. The molecule has 3 aromatic rings. The van der Waals surface area contributed by atoms with Crippen LogP contribution in [0.15, 0.2) is 66.3 Å². The van der Waals surface area contributed by atoms with Crippen molar-refractivity contribution in [1.82, 2.24) is 9.88 Å². The van der Waals surface area contributed by atoms with Gasteiger partial charge in [0.1, 0.15) is 34.7 Å². The lowest BCUT2D eigenvalue weighted by Gasteiger charge is -2.32. The van der Waals surface area contributed by atoms with Gasteiger partial charge in [-0.25, -0.2) is 17.8 Å². The summed E-state index contributed by atoms with van der Waals surface area (Å²) in [5.41, 5.74) is 8.21. The third-order valence-corrected chi connectivity index (χ3v) is 9.62. The number of rotatable bonds is 9. The maximum atomic E-state index is 15.4. The smallest absolute Gasteiger partial charge is 0.245 e. The molecule has 2 fully saturated rings.